The number of nitrogens with zero attached hydrogens (tertiary/aromatic N) is 5. The fraction of sp³-hybridized carbons (Fsp3) is 0.222. The van der Waals surface area contributed by atoms with Crippen molar-refractivity contribution in [3.05, 3.63) is 71.7 Å². The lowest BCUT2D eigenvalue weighted by molar-refractivity contribution is 0.0646. The van der Waals surface area contributed by atoms with E-state index < -0.39 is 0 Å². The SMILES string of the molecule is Cc1cccn2nc([C@@H]3c4nc[nH]c4CCN3C(=O)c3ncco3)cc12. The van der Waals surface area contributed by atoms with Gasteiger partial charge in [0.05, 0.1) is 29.4 Å². The summed E-state index contributed by atoms with van der Waals surface area (Å²) >= 11 is 0. The summed E-state index contributed by atoms with van der Waals surface area (Å²) in [4.78, 5) is 26.3. The van der Waals surface area contributed by atoms with Crippen LogP contribution in [-0.4, -0.2) is 41.9 Å². The summed E-state index contributed by atoms with van der Waals surface area (Å²) in [6.07, 6.45) is 7.14. The number of aromatic amines is 1. The Labute approximate surface area is 148 Å². The Balaban J connectivity index is 1.66. The average Bonchev–Trinajstić information content (AvgIpc) is 3.39. The zero-order valence-electron chi connectivity index (χ0n) is 14.1. The van der Waals surface area contributed by atoms with Crippen LogP contribution in [0.15, 0.2) is 47.6 Å². The maximum Gasteiger partial charge on any atom is 0.310 e. The molecule has 1 atom stereocenters. The third-order valence-corrected chi connectivity index (χ3v) is 4.81. The predicted molar refractivity (Wildman–Crippen MR) is 91.6 cm³/mol. The van der Waals surface area contributed by atoms with E-state index in [1.165, 1.54) is 12.5 Å². The van der Waals surface area contributed by atoms with E-state index in [1.807, 2.05) is 35.8 Å². The van der Waals surface area contributed by atoms with Crippen LogP contribution >= 0.6 is 0 Å². The van der Waals surface area contributed by atoms with Gasteiger partial charge in [0, 0.05) is 24.9 Å². The summed E-state index contributed by atoms with van der Waals surface area (Å²) in [6.45, 7) is 2.57. The third-order valence-electron chi connectivity index (χ3n) is 4.81. The largest absolute Gasteiger partial charge is 0.441 e. The summed E-state index contributed by atoms with van der Waals surface area (Å²) in [5, 5.41) is 4.71. The molecule has 4 aromatic heterocycles. The maximum absolute atomic E-state index is 13.0. The van der Waals surface area contributed by atoms with Crippen molar-refractivity contribution < 1.29 is 9.21 Å². The number of hydrogen-bond donors (Lipinski definition) is 1. The van der Waals surface area contributed by atoms with Crippen LogP contribution in [0.25, 0.3) is 5.52 Å². The topological polar surface area (TPSA) is 92.3 Å². The number of rotatable bonds is 2. The number of H-pyrrole nitrogens is 1. The van der Waals surface area contributed by atoms with E-state index in [0.29, 0.717) is 13.0 Å². The molecule has 130 valence electrons. The highest BCUT2D eigenvalue weighted by Crippen LogP contribution is 2.34. The molecular weight excluding hydrogens is 332 g/mol. The summed E-state index contributed by atoms with van der Waals surface area (Å²) in [5.41, 5.74) is 4.74. The molecule has 26 heavy (non-hydrogen) atoms. The number of nitrogens with one attached hydrogen (secondary N) is 1. The number of amides is 1. The van der Waals surface area contributed by atoms with Gasteiger partial charge in [-0.15, -0.1) is 0 Å². The van der Waals surface area contributed by atoms with Gasteiger partial charge in [-0.3, -0.25) is 4.79 Å². The van der Waals surface area contributed by atoms with Crippen molar-refractivity contribution in [3.63, 3.8) is 0 Å². The van der Waals surface area contributed by atoms with Crippen molar-refractivity contribution >= 4 is 11.4 Å². The van der Waals surface area contributed by atoms with Gasteiger partial charge in [-0.05, 0) is 24.6 Å². The maximum atomic E-state index is 13.0. The van der Waals surface area contributed by atoms with Crippen LogP contribution in [0.3, 0.4) is 0 Å². The van der Waals surface area contributed by atoms with Gasteiger partial charge >= 0.3 is 5.91 Å². The molecule has 0 bridgehead atoms. The summed E-state index contributed by atoms with van der Waals surface area (Å²) in [7, 11) is 0. The number of carbonyl (C=O) groups is 1. The molecule has 8 nitrogen and oxygen atoms in total. The predicted octanol–water partition coefficient (Wildman–Crippen LogP) is 2.14. The normalized spacial score (nSPS) is 16.8. The molecule has 0 saturated carbocycles. The number of hydrogen-bond acceptors (Lipinski definition) is 5. The number of imidazole rings is 1. The highest BCUT2D eigenvalue weighted by atomic mass is 16.4. The molecule has 1 aliphatic rings. The van der Waals surface area contributed by atoms with Gasteiger partial charge in [-0.1, -0.05) is 6.07 Å². The Morgan fingerprint density at radius 1 is 1.38 bits per heavy atom. The zero-order chi connectivity index (χ0) is 17.7. The first kappa shape index (κ1) is 14.9. The van der Waals surface area contributed by atoms with Crippen LogP contribution in [0.1, 0.15) is 39.4 Å². The Morgan fingerprint density at radius 3 is 3.12 bits per heavy atom. The molecule has 1 aliphatic heterocycles. The van der Waals surface area contributed by atoms with Crippen LogP contribution in [0.4, 0.5) is 0 Å². The van der Waals surface area contributed by atoms with Crippen molar-refractivity contribution in [1.29, 1.82) is 0 Å². The highest BCUT2D eigenvalue weighted by molar-refractivity contribution is 5.90. The molecule has 1 N–H and O–H groups in total. The zero-order valence-corrected chi connectivity index (χ0v) is 14.1. The average molecular weight is 348 g/mol. The third kappa shape index (κ3) is 2.15. The van der Waals surface area contributed by atoms with E-state index in [9.17, 15) is 4.79 Å². The lowest BCUT2D eigenvalue weighted by atomic mass is 9.99. The van der Waals surface area contributed by atoms with Crippen molar-refractivity contribution in [1.82, 2.24) is 29.5 Å². The van der Waals surface area contributed by atoms with Gasteiger partial charge < -0.3 is 14.3 Å². The fourth-order valence-corrected chi connectivity index (χ4v) is 3.56. The summed E-state index contributed by atoms with van der Waals surface area (Å²) in [5.74, 6) is -0.184. The Kier molecular flexibility index (Phi) is 3.18. The second-order valence-corrected chi connectivity index (χ2v) is 6.34. The van der Waals surface area contributed by atoms with E-state index in [-0.39, 0.29) is 17.8 Å². The van der Waals surface area contributed by atoms with Crippen LogP contribution in [0.5, 0.6) is 0 Å². The van der Waals surface area contributed by atoms with Gasteiger partial charge in [0.15, 0.2) is 0 Å². The molecular formula is C18H16N6O2. The first-order valence-corrected chi connectivity index (χ1v) is 8.40. The minimum absolute atomic E-state index is 0.0777. The lowest BCUT2D eigenvalue weighted by Gasteiger charge is -2.32. The molecule has 0 fully saturated rings. The van der Waals surface area contributed by atoms with Gasteiger partial charge in [-0.25, -0.2) is 14.5 Å². The fourth-order valence-electron chi connectivity index (χ4n) is 3.56. The molecule has 4 aromatic rings. The minimum atomic E-state index is -0.385. The van der Waals surface area contributed by atoms with Crippen molar-refractivity contribution in [3.8, 4) is 0 Å². The number of aryl methyl sites for hydroxylation is 1. The molecule has 0 spiro atoms. The molecule has 0 aromatic carbocycles. The molecule has 0 radical (unpaired) electrons. The molecule has 5 heterocycles. The highest BCUT2D eigenvalue weighted by Gasteiger charge is 2.37. The molecule has 1 amide bonds. The summed E-state index contributed by atoms with van der Waals surface area (Å²) < 4.78 is 7.06. The number of pyridine rings is 1. The monoisotopic (exact) mass is 348 g/mol. The van der Waals surface area contributed by atoms with Gasteiger partial charge in [0.1, 0.15) is 12.3 Å². The molecule has 0 aliphatic carbocycles. The second kappa shape index (κ2) is 5.55. The Morgan fingerprint density at radius 2 is 2.31 bits per heavy atom. The quantitative estimate of drug-likeness (QED) is 0.599. The van der Waals surface area contributed by atoms with Crippen molar-refractivity contribution in [2.75, 3.05) is 6.54 Å². The smallest absolute Gasteiger partial charge is 0.310 e. The van der Waals surface area contributed by atoms with Crippen LogP contribution in [0, 0.1) is 6.92 Å². The standard InChI is InChI=1S/C18H16N6O2/c1-11-3-2-6-24-14(11)9-13(22-24)16-15-12(20-10-21-15)4-7-23(16)18(25)17-19-5-8-26-17/h2-3,5-6,8-10,16H,4,7H2,1H3,(H,20,21)/t16-/m1/s1. The van der Waals surface area contributed by atoms with E-state index in [2.05, 4.69) is 15.0 Å². The molecule has 8 heteroatoms. The summed E-state index contributed by atoms with van der Waals surface area (Å²) in [6, 6.07) is 5.62. The first-order valence-electron chi connectivity index (χ1n) is 8.40. The molecule has 0 saturated heterocycles. The van der Waals surface area contributed by atoms with Gasteiger partial charge in [-0.2, -0.15) is 5.10 Å². The number of fused-ring (bicyclic) bond motifs is 2. The van der Waals surface area contributed by atoms with Gasteiger partial charge in [0.2, 0.25) is 0 Å². The van der Waals surface area contributed by atoms with Crippen LogP contribution < -0.4 is 0 Å². The van der Waals surface area contributed by atoms with E-state index in [0.717, 1.165) is 28.2 Å². The minimum Gasteiger partial charge on any atom is -0.441 e. The Bertz CT molecular complexity index is 1090. The van der Waals surface area contributed by atoms with Crippen molar-refractivity contribution in [2.24, 2.45) is 0 Å². The van der Waals surface area contributed by atoms with Crippen LogP contribution in [0.2, 0.25) is 0 Å². The lowest BCUT2D eigenvalue weighted by Crippen LogP contribution is -2.41. The molecule has 5 rings (SSSR count). The van der Waals surface area contributed by atoms with E-state index in [1.54, 1.807) is 11.2 Å². The number of aromatic nitrogens is 5. The number of oxazole rings is 1. The first-order chi connectivity index (χ1) is 12.7. The Hall–Kier alpha value is -3.42. The number of carbonyl (C=O) groups excluding carboxylic acids is 1. The second-order valence-electron chi connectivity index (χ2n) is 6.34. The van der Waals surface area contributed by atoms with Crippen molar-refractivity contribution in [2.45, 2.75) is 19.4 Å². The van der Waals surface area contributed by atoms with Gasteiger partial charge in [0.25, 0.3) is 5.89 Å². The van der Waals surface area contributed by atoms with E-state index >= 15 is 0 Å². The molecule has 0 unspecified atom stereocenters. The van der Waals surface area contributed by atoms with E-state index in [4.69, 9.17) is 9.52 Å². The van der Waals surface area contributed by atoms with Crippen LogP contribution in [-0.2, 0) is 6.42 Å².